The molecule has 5 rings (SSSR count). The number of epoxide rings is 1. The van der Waals surface area contributed by atoms with Crippen LogP contribution in [0.1, 0.15) is 98.5 Å². The lowest BCUT2D eigenvalue weighted by atomic mass is 9.83. The maximum absolute atomic E-state index is 14.3. The number of nitrogens with zero attached hydrogens (tertiary/aromatic N) is 3. The van der Waals surface area contributed by atoms with E-state index in [0.717, 1.165) is 11.1 Å². The van der Waals surface area contributed by atoms with E-state index >= 15 is 0 Å². The Hall–Kier alpha value is -4.34. The summed E-state index contributed by atoms with van der Waals surface area (Å²) in [6, 6.07) is 2.48. The van der Waals surface area contributed by atoms with Crippen molar-refractivity contribution in [2.75, 3.05) is 39.0 Å². The van der Waals surface area contributed by atoms with E-state index in [0.29, 0.717) is 41.5 Å². The summed E-state index contributed by atoms with van der Waals surface area (Å²) in [5.74, 6) is -2.94. The molecule has 0 spiro atoms. The number of hydrogen-bond acceptors (Lipinski definition) is 16. The predicted molar refractivity (Wildman–Crippen MR) is 251 cm³/mol. The van der Waals surface area contributed by atoms with Gasteiger partial charge in [0.15, 0.2) is 5.72 Å². The molecule has 0 aliphatic carbocycles. The van der Waals surface area contributed by atoms with Gasteiger partial charge in [0, 0.05) is 69.7 Å². The molecule has 3 saturated heterocycles. The van der Waals surface area contributed by atoms with Crippen LogP contribution in [0.5, 0.6) is 5.75 Å². The molecule has 0 radical (unpaired) electrons. The zero-order valence-electron chi connectivity index (χ0n) is 39.7. The lowest BCUT2D eigenvalue weighted by Crippen LogP contribution is -2.63. The Balaban J connectivity index is 1.28. The van der Waals surface area contributed by atoms with Crippen molar-refractivity contribution in [3.8, 4) is 5.75 Å². The van der Waals surface area contributed by atoms with Crippen molar-refractivity contribution < 1.29 is 67.2 Å². The first-order valence-electron chi connectivity index (χ1n) is 22.2. The van der Waals surface area contributed by atoms with Gasteiger partial charge in [0.25, 0.3) is 11.8 Å². The van der Waals surface area contributed by atoms with Crippen LogP contribution in [0.4, 0.5) is 10.5 Å². The van der Waals surface area contributed by atoms with Crippen LogP contribution in [0.15, 0.2) is 35.9 Å². The summed E-state index contributed by atoms with van der Waals surface area (Å²) < 4.78 is 29.1. The number of hydrogen-bond donors (Lipinski definition) is 2. The van der Waals surface area contributed by atoms with E-state index in [4.69, 9.17) is 40.1 Å². The number of halogens is 1. The summed E-state index contributed by atoms with van der Waals surface area (Å²) in [5.41, 5.74) is -1.09. The third-order valence-corrected chi connectivity index (χ3v) is 16.4. The number of imide groups is 1. The maximum atomic E-state index is 14.3. The average Bonchev–Trinajstić information content (AvgIpc) is 3.88. The minimum Gasteiger partial charge on any atom is -0.495 e. The molecule has 2 N–H and O–H groups in total. The van der Waals surface area contributed by atoms with Crippen LogP contribution in [0.3, 0.4) is 0 Å². The van der Waals surface area contributed by atoms with Crippen molar-refractivity contribution in [3.05, 3.63) is 46.5 Å². The molecule has 5 amide bonds. The van der Waals surface area contributed by atoms with Gasteiger partial charge in [-0.3, -0.25) is 24.5 Å². The van der Waals surface area contributed by atoms with E-state index in [1.807, 2.05) is 26.8 Å². The van der Waals surface area contributed by atoms with Crippen LogP contribution < -0.4 is 15.0 Å². The average molecular weight is 996 g/mol. The quantitative estimate of drug-likeness (QED) is 0.0693. The van der Waals surface area contributed by atoms with E-state index in [-0.39, 0.29) is 54.2 Å². The summed E-state index contributed by atoms with van der Waals surface area (Å²) in [4.78, 5) is 98.1. The van der Waals surface area contributed by atoms with Gasteiger partial charge in [0.1, 0.15) is 40.7 Å². The number of hydroxylamine groups is 2. The number of nitrogens with one attached hydrogen (secondary N) is 1. The Morgan fingerprint density at radius 1 is 1.10 bits per heavy atom. The molecule has 21 heteroatoms. The number of benzene rings is 1. The molecule has 4 bridgehead atoms. The predicted octanol–water partition coefficient (Wildman–Crippen LogP) is 5.84. The number of fused-ring (bicyclic) bond motifs is 5. The van der Waals surface area contributed by atoms with Gasteiger partial charge in [-0.2, -0.15) is 0 Å². The molecule has 4 aliphatic rings. The summed E-state index contributed by atoms with van der Waals surface area (Å²) in [6.45, 7) is 10.9. The van der Waals surface area contributed by atoms with Gasteiger partial charge in [0.2, 0.25) is 11.8 Å². The van der Waals surface area contributed by atoms with E-state index in [1.165, 1.54) is 48.8 Å². The molecule has 8 atom stereocenters. The fraction of sp³-hybridized carbons (Fsp3) is 0.630. The topological polar surface area (TPSA) is 220 Å². The van der Waals surface area contributed by atoms with Crippen LogP contribution in [0.25, 0.3) is 0 Å². The van der Waals surface area contributed by atoms with Crippen LogP contribution in [-0.4, -0.2) is 137 Å². The maximum Gasteiger partial charge on any atom is 0.409 e. The Labute approximate surface area is 404 Å². The molecule has 4 heterocycles. The lowest BCUT2D eigenvalue weighted by Gasteiger charge is -2.42. The Bertz CT molecular complexity index is 2120. The molecule has 1 aromatic carbocycles. The zero-order valence-corrected chi connectivity index (χ0v) is 42.1. The van der Waals surface area contributed by atoms with Gasteiger partial charge in [0.05, 0.1) is 25.3 Å². The number of methoxy groups -OCH3 is 2. The molecule has 0 aromatic heterocycles. The molecule has 0 saturated carbocycles. The first kappa shape index (κ1) is 53.6. The summed E-state index contributed by atoms with van der Waals surface area (Å²) in [6.07, 6.45) is 1.65. The minimum absolute atomic E-state index is 0.0240. The number of rotatable bonds is 15. The molecular formula is C46H63ClN4O14S2. The van der Waals surface area contributed by atoms with E-state index in [2.05, 4.69) is 5.32 Å². The molecule has 1 aromatic rings. The zero-order chi connectivity index (χ0) is 49.6. The number of esters is 1. The highest BCUT2D eigenvalue weighted by atomic mass is 35.5. The summed E-state index contributed by atoms with van der Waals surface area (Å²) in [7, 11) is 9.02. The second kappa shape index (κ2) is 22.4. The highest BCUT2D eigenvalue weighted by Crippen LogP contribution is 2.49. The van der Waals surface area contributed by atoms with Gasteiger partial charge >= 0.3 is 18.0 Å². The Kier molecular flexibility index (Phi) is 17.9. The third kappa shape index (κ3) is 13.3. The van der Waals surface area contributed by atoms with Crippen LogP contribution in [0, 0.1) is 5.92 Å². The van der Waals surface area contributed by atoms with E-state index in [1.54, 1.807) is 56.0 Å². The SMILES string of the molecule is COc1cc2cc(c1Cl)N(C)C(=O)CC(OC(=O)[C@H](C)N(C)C(=O)CCC(C)(C)SSCCCC(=O)ON1C(=O)CCC1=O)[C@@]1(C)O[C@@H]1C(C)C1CC(O)(NC(=O)O1)C(OC)/C=C/C=C(\C)C2. The third-order valence-electron chi connectivity index (χ3n) is 12.6. The van der Waals surface area contributed by atoms with Crippen molar-refractivity contribution >= 4 is 80.5 Å². The van der Waals surface area contributed by atoms with Gasteiger partial charge in [-0.05, 0) is 71.6 Å². The monoisotopic (exact) mass is 994 g/mol. The van der Waals surface area contributed by atoms with Gasteiger partial charge in [-0.1, -0.05) is 63.9 Å². The van der Waals surface area contributed by atoms with Crippen LogP contribution >= 0.6 is 33.2 Å². The van der Waals surface area contributed by atoms with Crippen molar-refractivity contribution in [3.63, 3.8) is 0 Å². The molecule has 5 unspecified atom stereocenters. The lowest BCUT2D eigenvalue weighted by molar-refractivity contribution is -0.197. The second-order valence-corrected chi connectivity index (χ2v) is 21.7. The van der Waals surface area contributed by atoms with Gasteiger partial charge in [-0.25, -0.2) is 14.4 Å². The number of ether oxygens (including phenoxy) is 5. The summed E-state index contributed by atoms with van der Waals surface area (Å²) >= 11 is 6.81. The first-order valence-corrected chi connectivity index (χ1v) is 24.8. The largest absolute Gasteiger partial charge is 0.495 e. The first-order chi connectivity index (χ1) is 31.4. The van der Waals surface area contributed by atoms with Crippen LogP contribution in [-0.2, 0) is 59.0 Å². The number of carbonyl (C=O) groups is 7. The van der Waals surface area contributed by atoms with Crippen molar-refractivity contribution in [2.45, 2.75) is 146 Å². The molecule has 3 fully saturated rings. The van der Waals surface area contributed by atoms with Crippen LogP contribution in [0.2, 0.25) is 5.02 Å². The molecule has 370 valence electrons. The highest BCUT2D eigenvalue weighted by Gasteiger charge is 2.64. The molecule has 4 aliphatic heterocycles. The fourth-order valence-electron chi connectivity index (χ4n) is 8.13. The number of carbonyl (C=O) groups excluding carboxylic acids is 7. The Morgan fingerprint density at radius 3 is 2.45 bits per heavy atom. The number of amides is 5. The summed E-state index contributed by atoms with van der Waals surface area (Å²) in [5, 5.41) is 15.1. The fourth-order valence-corrected chi connectivity index (χ4v) is 11.1. The van der Waals surface area contributed by atoms with Crippen molar-refractivity contribution in [2.24, 2.45) is 5.92 Å². The van der Waals surface area contributed by atoms with Gasteiger partial charge in [-0.15, -0.1) is 5.06 Å². The molecular weight excluding hydrogens is 932 g/mol. The normalized spacial score (nSPS) is 28.6. The van der Waals surface area contributed by atoms with Gasteiger partial charge < -0.3 is 43.4 Å². The molecule has 67 heavy (non-hydrogen) atoms. The van der Waals surface area contributed by atoms with E-state index in [9.17, 15) is 38.7 Å². The minimum atomic E-state index is -1.86. The number of likely N-dealkylation sites (N-methyl/N-ethyl adjacent to an activating group) is 1. The number of alkyl carbamates (subject to hydrolysis) is 1. The van der Waals surface area contributed by atoms with Crippen molar-refractivity contribution in [1.29, 1.82) is 0 Å². The van der Waals surface area contributed by atoms with E-state index < -0.39 is 83.5 Å². The molecule has 18 nitrogen and oxygen atoms in total. The standard InChI is InChI=1S/C46H63ClN4O14S2/c1-26-13-11-14-33(61-10)46(59)25-32(62-43(58)48-46)27(2)41-45(6,64-41)34(24-38(55)50(8)30-22-29(21-26)23-31(60-9)40(30)47)63-42(57)28(3)49(7)35(52)18-19-44(4,5)67-66-20-12-15-39(56)65-51-36(53)16-17-37(51)54/h11,13-14,22-23,27-28,32-34,41,59H,12,15-21,24-25H2,1-10H3,(H,48,58)/b14-11+,26-13+/t27?,28-,32?,33?,34?,41+,45+,46?/m0/s1. The number of aliphatic hydroxyl groups is 1. The highest BCUT2D eigenvalue weighted by molar-refractivity contribution is 8.77. The smallest absolute Gasteiger partial charge is 0.409 e. The number of allylic oxidation sites excluding steroid dienone is 3. The Morgan fingerprint density at radius 2 is 1.79 bits per heavy atom. The second-order valence-electron chi connectivity index (χ2n) is 18.2. The van der Waals surface area contributed by atoms with Crippen molar-refractivity contribution in [1.82, 2.24) is 15.3 Å². The number of anilines is 1.